The minimum atomic E-state index is -0.747. The Balaban J connectivity index is 1.17. The van der Waals surface area contributed by atoms with Crippen LogP contribution in [0.1, 0.15) is 16.8 Å². The molecular weight excluding hydrogens is 461 g/mol. The molecule has 4 aliphatic carbocycles. The molecule has 1 heterocycles. The summed E-state index contributed by atoms with van der Waals surface area (Å²) in [4.78, 5) is 39.8. The van der Waals surface area contributed by atoms with Crippen LogP contribution in [0.3, 0.4) is 0 Å². The van der Waals surface area contributed by atoms with Gasteiger partial charge in [-0.05, 0) is 60.4 Å². The van der Waals surface area contributed by atoms with E-state index in [4.69, 9.17) is 21.1 Å². The minimum Gasteiger partial charge on any atom is -0.495 e. The van der Waals surface area contributed by atoms with Crippen LogP contribution >= 0.6 is 11.6 Å². The van der Waals surface area contributed by atoms with Crippen LogP contribution in [0, 0.1) is 41.3 Å². The predicted molar refractivity (Wildman–Crippen MR) is 121 cm³/mol. The van der Waals surface area contributed by atoms with Gasteiger partial charge in [0.25, 0.3) is 0 Å². The molecule has 0 aromatic heterocycles. The van der Waals surface area contributed by atoms with Gasteiger partial charge in [-0.1, -0.05) is 23.8 Å². The van der Waals surface area contributed by atoms with Crippen molar-refractivity contribution in [1.29, 1.82) is 0 Å². The number of carbonyl (C=O) groups is 3. The van der Waals surface area contributed by atoms with Crippen molar-refractivity contribution in [3.05, 3.63) is 65.0 Å². The fourth-order valence-corrected chi connectivity index (χ4v) is 6.28. The number of ether oxygens (including phenoxy) is 2. The molecule has 2 aromatic carbocycles. The monoisotopic (exact) mass is 481 g/mol. The fourth-order valence-electron chi connectivity index (χ4n) is 6.03. The number of hydrogen-bond acceptors (Lipinski definition) is 5. The van der Waals surface area contributed by atoms with Gasteiger partial charge in [-0.25, -0.2) is 9.29 Å². The van der Waals surface area contributed by atoms with Crippen molar-refractivity contribution < 1.29 is 28.2 Å². The summed E-state index contributed by atoms with van der Waals surface area (Å²) in [6.07, 6.45) is 5.22. The SMILES string of the molecule is COc1ccc(C(=O)COc2ccc(N3C(=O)[C@@H]4[C@H](C3=O)[C@@H]3C=C[C@H]4C4CC43)c(F)c2)cc1Cl. The maximum atomic E-state index is 15.0. The van der Waals surface area contributed by atoms with Gasteiger partial charge < -0.3 is 9.47 Å². The minimum absolute atomic E-state index is 0.0712. The highest BCUT2D eigenvalue weighted by atomic mass is 35.5. The lowest BCUT2D eigenvalue weighted by molar-refractivity contribution is -0.124. The van der Waals surface area contributed by atoms with Crippen molar-refractivity contribution in [3.8, 4) is 11.5 Å². The van der Waals surface area contributed by atoms with Gasteiger partial charge in [0, 0.05) is 11.6 Å². The number of anilines is 1. The van der Waals surface area contributed by atoms with E-state index >= 15 is 4.39 Å². The van der Waals surface area contributed by atoms with Crippen LogP contribution in [0.25, 0.3) is 0 Å². The smallest absolute Gasteiger partial charge is 0.238 e. The second-order valence-electron chi connectivity index (χ2n) is 9.34. The molecule has 7 rings (SSSR count). The molecule has 2 bridgehead atoms. The molecule has 0 spiro atoms. The van der Waals surface area contributed by atoms with E-state index in [1.54, 1.807) is 12.1 Å². The van der Waals surface area contributed by atoms with Gasteiger partial charge in [0.2, 0.25) is 11.8 Å². The van der Waals surface area contributed by atoms with Crippen molar-refractivity contribution >= 4 is 34.9 Å². The Morgan fingerprint density at radius 3 is 2.32 bits per heavy atom. The Kier molecular flexibility index (Phi) is 4.81. The maximum Gasteiger partial charge on any atom is 0.238 e. The van der Waals surface area contributed by atoms with Crippen LogP contribution < -0.4 is 14.4 Å². The lowest BCUT2D eigenvalue weighted by Gasteiger charge is -2.37. The summed E-state index contributed by atoms with van der Waals surface area (Å²) in [5, 5.41) is 0.296. The number of ketones is 1. The molecule has 8 heteroatoms. The number of methoxy groups -OCH3 is 1. The molecule has 2 saturated carbocycles. The van der Waals surface area contributed by atoms with Gasteiger partial charge in [-0.2, -0.15) is 0 Å². The number of amides is 2. The van der Waals surface area contributed by atoms with E-state index in [1.165, 1.54) is 25.3 Å². The van der Waals surface area contributed by atoms with Crippen molar-refractivity contribution in [1.82, 2.24) is 0 Å². The third-order valence-corrected chi connectivity index (χ3v) is 7.96. The average Bonchev–Trinajstić information content (AvgIpc) is 3.61. The number of halogens is 2. The van der Waals surface area contributed by atoms with Gasteiger partial charge in [-0.3, -0.25) is 14.4 Å². The molecule has 1 aliphatic heterocycles. The van der Waals surface area contributed by atoms with Crippen molar-refractivity contribution in [2.24, 2.45) is 35.5 Å². The molecule has 3 fully saturated rings. The molecule has 6 nitrogen and oxygen atoms in total. The van der Waals surface area contributed by atoms with Gasteiger partial charge in [0.05, 0.1) is 29.7 Å². The van der Waals surface area contributed by atoms with Crippen molar-refractivity contribution in [2.45, 2.75) is 6.42 Å². The highest BCUT2D eigenvalue weighted by Crippen LogP contribution is 2.65. The summed E-state index contributed by atoms with van der Waals surface area (Å²) in [6.45, 7) is -0.328. The number of Topliss-reactive ketones (excluding diaryl/α,β-unsaturated/α-hetero) is 1. The van der Waals surface area contributed by atoms with E-state index in [2.05, 4.69) is 12.2 Å². The zero-order valence-corrected chi connectivity index (χ0v) is 19.0. The molecule has 0 radical (unpaired) electrons. The number of imide groups is 1. The van der Waals surface area contributed by atoms with E-state index in [1.807, 2.05) is 0 Å². The third-order valence-electron chi connectivity index (χ3n) is 7.67. The van der Waals surface area contributed by atoms with Gasteiger partial charge in [0.1, 0.15) is 11.5 Å². The number of rotatable bonds is 6. The molecule has 34 heavy (non-hydrogen) atoms. The first-order chi connectivity index (χ1) is 16.4. The number of hydrogen-bond donors (Lipinski definition) is 0. The lowest BCUT2D eigenvalue weighted by atomic mass is 9.63. The average molecular weight is 482 g/mol. The first-order valence-electron chi connectivity index (χ1n) is 11.2. The van der Waals surface area contributed by atoms with Gasteiger partial charge in [0.15, 0.2) is 18.2 Å². The number of nitrogens with zero attached hydrogens (tertiary/aromatic N) is 1. The Bertz CT molecular complexity index is 1240. The Labute approximate surface area is 200 Å². The van der Waals surface area contributed by atoms with Crippen LogP contribution in [0.2, 0.25) is 5.02 Å². The molecular formula is C26H21ClFNO5. The number of allylic oxidation sites excluding steroid dienone is 2. The van der Waals surface area contributed by atoms with E-state index < -0.39 is 17.7 Å². The first kappa shape index (κ1) is 21.4. The largest absolute Gasteiger partial charge is 0.495 e. The summed E-state index contributed by atoms with van der Waals surface area (Å²) >= 11 is 6.06. The van der Waals surface area contributed by atoms with Crippen LogP contribution in [-0.2, 0) is 9.59 Å². The second kappa shape index (κ2) is 7.67. The molecule has 2 aromatic rings. The summed E-state index contributed by atoms with van der Waals surface area (Å²) in [5.74, 6) is -0.846. The molecule has 2 unspecified atom stereocenters. The number of carbonyl (C=O) groups excluding carboxylic acids is 3. The molecule has 2 amide bonds. The predicted octanol–water partition coefficient (Wildman–Crippen LogP) is 4.31. The highest BCUT2D eigenvalue weighted by Gasteiger charge is 2.67. The topological polar surface area (TPSA) is 72.9 Å². The molecule has 174 valence electrons. The molecule has 6 atom stereocenters. The first-order valence-corrected chi connectivity index (χ1v) is 11.6. The molecule has 1 saturated heterocycles. The Hall–Kier alpha value is -3.19. The van der Waals surface area contributed by atoms with E-state index in [0.717, 1.165) is 17.4 Å². The normalized spacial score (nSPS) is 30.3. The summed E-state index contributed by atoms with van der Waals surface area (Å²) in [5.41, 5.74) is 0.262. The van der Waals surface area contributed by atoms with Crippen LogP contribution in [0.4, 0.5) is 10.1 Å². The molecule has 0 N–H and O–H groups in total. The summed E-state index contributed by atoms with van der Waals surface area (Å²) in [6, 6.07) is 8.54. The van der Waals surface area contributed by atoms with E-state index in [-0.39, 0.29) is 47.5 Å². The zero-order chi connectivity index (χ0) is 23.7. The van der Waals surface area contributed by atoms with E-state index in [0.29, 0.717) is 28.2 Å². The highest BCUT2D eigenvalue weighted by molar-refractivity contribution is 6.32. The van der Waals surface area contributed by atoms with E-state index in [9.17, 15) is 14.4 Å². The lowest BCUT2D eigenvalue weighted by Crippen LogP contribution is -2.40. The summed E-state index contributed by atoms with van der Waals surface area (Å²) < 4.78 is 25.6. The second-order valence-corrected chi connectivity index (χ2v) is 9.75. The maximum absolute atomic E-state index is 15.0. The van der Waals surface area contributed by atoms with Gasteiger partial charge in [-0.15, -0.1) is 0 Å². The van der Waals surface area contributed by atoms with Crippen LogP contribution in [0.5, 0.6) is 11.5 Å². The quantitative estimate of drug-likeness (QED) is 0.349. The number of benzene rings is 2. The Morgan fingerprint density at radius 2 is 1.74 bits per heavy atom. The van der Waals surface area contributed by atoms with Crippen molar-refractivity contribution in [3.63, 3.8) is 0 Å². The van der Waals surface area contributed by atoms with Crippen molar-refractivity contribution in [2.75, 3.05) is 18.6 Å². The van der Waals surface area contributed by atoms with Crippen LogP contribution in [-0.4, -0.2) is 31.3 Å². The summed E-state index contributed by atoms with van der Waals surface area (Å²) in [7, 11) is 1.48. The standard InChI is InChI=1S/C26H21ClFNO5/c1-33-22-7-2-12(8-18(22)27)21(30)11-34-13-3-6-20(19(28)9-13)29-25(31)23-14-4-5-15(17-10-16(14)17)24(23)26(29)32/h2-9,14-17,23-24H,10-11H2,1H3/t14-,15+,16?,17?,23-,24+. The zero-order valence-electron chi connectivity index (χ0n) is 18.2. The Morgan fingerprint density at radius 1 is 1.06 bits per heavy atom. The molecule has 5 aliphatic rings. The van der Waals surface area contributed by atoms with Gasteiger partial charge >= 0.3 is 0 Å². The fraction of sp³-hybridized carbons (Fsp3) is 0.346. The third kappa shape index (κ3) is 3.10. The van der Waals surface area contributed by atoms with Crippen LogP contribution in [0.15, 0.2) is 48.6 Å².